The molecule has 3 aromatic carbocycles. The molecule has 0 spiro atoms. The molecule has 3 heteroatoms. The van der Waals surface area contributed by atoms with Gasteiger partial charge in [0.25, 0.3) is 0 Å². The highest BCUT2D eigenvalue weighted by atomic mass is 35.5. The molecular formula is C42H65ClO2. The summed E-state index contributed by atoms with van der Waals surface area (Å²) in [5.74, 6) is 1.86. The fourth-order valence-corrected chi connectivity index (χ4v) is 6.90. The first-order valence-corrected chi connectivity index (χ1v) is 19.5. The van der Waals surface area contributed by atoms with Crippen molar-refractivity contribution >= 4 is 33.1 Å². The molecule has 3 rings (SSSR count). The van der Waals surface area contributed by atoms with Gasteiger partial charge in [-0.15, -0.1) is 0 Å². The summed E-state index contributed by atoms with van der Waals surface area (Å²) < 4.78 is 13.1. The van der Waals surface area contributed by atoms with Crippen molar-refractivity contribution in [1.29, 1.82) is 0 Å². The first kappa shape index (κ1) is 37.5. The predicted octanol–water partition coefficient (Wildman–Crippen LogP) is 14.8. The smallest absolute Gasteiger partial charge is 0.136 e. The molecule has 0 saturated carbocycles. The minimum atomic E-state index is 0.723. The van der Waals surface area contributed by atoms with E-state index in [2.05, 4.69) is 44.2 Å². The zero-order valence-electron chi connectivity index (χ0n) is 29.1. The minimum absolute atomic E-state index is 0.723. The highest BCUT2D eigenvalue weighted by molar-refractivity contribution is 6.37. The Morgan fingerprint density at radius 2 is 0.756 bits per heavy atom. The summed E-state index contributed by atoms with van der Waals surface area (Å²) in [4.78, 5) is 0. The molecule has 0 unspecified atom stereocenters. The van der Waals surface area contributed by atoms with Crippen LogP contribution in [0.4, 0.5) is 0 Å². The number of rotatable bonds is 28. The van der Waals surface area contributed by atoms with Crippen LogP contribution in [0.5, 0.6) is 11.5 Å². The van der Waals surface area contributed by atoms with Crippen LogP contribution in [0.3, 0.4) is 0 Å². The third-order valence-corrected chi connectivity index (χ3v) is 9.71. The Hall–Kier alpha value is -1.93. The van der Waals surface area contributed by atoms with E-state index in [1.54, 1.807) is 0 Å². The molecule has 0 atom stereocenters. The monoisotopic (exact) mass is 636 g/mol. The van der Waals surface area contributed by atoms with Gasteiger partial charge >= 0.3 is 0 Å². The van der Waals surface area contributed by atoms with Crippen molar-refractivity contribution in [3.63, 3.8) is 0 Å². The number of hydrogen-bond acceptors (Lipinski definition) is 2. The van der Waals surface area contributed by atoms with Crippen molar-refractivity contribution in [2.75, 3.05) is 13.2 Å². The summed E-state index contributed by atoms with van der Waals surface area (Å²) in [6.07, 6.45) is 32.3. The van der Waals surface area contributed by atoms with E-state index in [0.29, 0.717) is 0 Å². The molecule has 0 radical (unpaired) electrons. The standard InChI is InChI=1S/C42H65ClO2/c1-3-5-7-9-11-13-15-17-19-21-23-27-34-44-41-36-30-25-26-31-37(36)42(40-38(41)32-29-33-39(40)43)45-35-28-24-22-20-18-16-14-12-10-8-6-4-2/h25-26,29-33H,3-24,27-28,34-35H2,1-2H3. The fraction of sp³-hybridized carbons (Fsp3) is 0.667. The third-order valence-electron chi connectivity index (χ3n) is 9.39. The van der Waals surface area contributed by atoms with Crippen LogP contribution in [0.1, 0.15) is 168 Å². The van der Waals surface area contributed by atoms with Gasteiger partial charge in [-0.3, -0.25) is 0 Å². The summed E-state index contributed by atoms with van der Waals surface area (Å²) >= 11 is 6.84. The summed E-state index contributed by atoms with van der Waals surface area (Å²) in [6.45, 7) is 6.04. The SMILES string of the molecule is CCCCCCCCCCCCCCOc1c2ccccc2c(OCCCCCCCCCCCCCC)c2c(Cl)cccc12. The van der Waals surface area contributed by atoms with Crippen molar-refractivity contribution in [2.45, 2.75) is 168 Å². The lowest BCUT2D eigenvalue weighted by Gasteiger charge is -2.18. The second kappa shape index (κ2) is 24.3. The summed E-state index contributed by atoms with van der Waals surface area (Å²) in [5.41, 5.74) is 0. The Labute approximate surface area is 282 Å². The minimum Gasteiger partial charge on any atom is -0.492 e. The maximum Gasteiger partial charge on any atom is 0.136 e. The topological polar surface area (TPSA) is 18.5 Å². The highest BCUT2D eigenvalue weighted by Crippen LogP contribution is 2.45. The predicted molar refractivity (Wildman–Crippen MR) is 200 cm³/mol. The first-order valence-electron chi connectivity index (χ1n) is 19.2. The fourth-order valence-electron chi connectivity index (χ4n) is 6.64. The molecule has 45 heavy (non-hydrogen) atoms. The van der Waals surface area contributed by atoms with Crippen molar-refractivity contribution < 1.29 is 9.47 Å². The van der Waals surface area contributed by atoms with Gasteiger partial charge in [0.2, 0.25) is 0 Å². The van der Waals surface area contributed by atoms with Crippen LogP contribution in [0.15, 0.2) is 42.5 Å². The molecule has 0 fully saturated rings. The molecular weight excluding hydrogens is 572 g/mol. The van der Waals surface area contributed by atoms with Crippen LogP contribution < -0.4 is 9.47 Å². The zero-order chi connectivity index (χ0) is 31.8. The summed E-state index contributed by atoms with van der Waals surface area (Å²) in [7, 11) is 0. The van der Waals surface area contributed by atoms with E-state index in [4.69, 9.17) is 21.1 Å². The quantitative estimate of drug-likeness (QED) is 0.0583. The molecule has 252 valence electrons. The summed E-state index contributed by atoms with van der Waals surface area (Å²) in [5, 5.41) is 5.00. The average Bonchev–Trinajstić information content (AvgIpc) is 3.06. The Balaban J connectivity index is 1.43. The number of halogens is 1. The lowest BCUT2D eigenvalue weighted by molar-refractivity contribution is 0.306. The van der Waals surface area contributed by atoms with Crippen LogP contribution in [-0.2, 0) is 0 Å². The van der Waals surface area contributed by atoms with Crippen LogP contribution in [0.2, 0.25) is 5.02 Å². The molecule has 0 aliphatic carbocycles. The number of ether oxygens (including phenoxy) is 2. The highest BCUT2D eigenvalue weighted by Gasteiger charge is 2.18. The molecule has 0 bridgehead atoms. The Morgan fingerprint density at radius 1 is 0.400 bits per heavy atom. The molecule has 0 N–H and O–H groups in total. The van der Waals surface area contributed by atoms with Crippen molar-refractivity contribution in [3.8, 4) is 11.5 Å². The van der Waals surface area contributed by atoms with Gasteiger partial charge in [0, 0.05) is 21.5 Å². The van der Waals surface area contributed by atoms with E-state index >= 15 is 0 Å². The Kier molecular flexibility index (Phi) is 20.2. The molecule has 2 nitrogen and oxygen atoms in total. The molecule has 0 saturated heterocycles. The molecule has 0 aliphatic rings. The van der Waals surface area contributed by atoms with Crippen molar-refractivity contribution in [2.24, 2.45) is 0 Å². The number of benzene rings is 3. The van der Waals surface area contributed by atoms with Crippen molar-refractivity contribution in [1.82, 2.24) is 0 Å². The van der Waals surface area contributed by atoms with Gasteiger partial charge in [-0.25, -0.2) is 0 Å². The molecule has 3 aromatic rings. The summed E-state index contributed by atoms with van der Waals surface area (Å²) in [6, 6.07) is 14.7. The second-order valence-electron chi connectivity index (χ2n) is 13.3. The van der Waals surface area contributed by atoms with Crippen LogP contribution in [0, 0.1) is 0 Å². The lowest BCUT2D eigenvalue weighted by atomic mass is 10.0. The van der Waals surface area contributed by atoms with Crippen molar-refractivity contribution in [3.05, 3.63) is 47.5 Å². The van der Waals surface area contributed by atoms with Gasteiger partial charge in [0.15, 0.2) is 0 Å². The number of fused-ring (bicyclic) bond motifs is 2. The zero-order valence-corrected chi connectivity index (χ0v) is 29.9. The van der Waals surface area contributed by atoms with E-state index in [-0.39, 0.29) is 0 Å². The normalized spacial score (nSPS) is 11.5. The van der Waals surface area contributed by atoms with Crippen LogP contribution >= 0.6 is 11.6 Å². The molecule has 0 amide bonds. The number of unbranched alkanes of at least 4 members (excludes halogenated alkanes) is 22. The maximum absolute atomic E-state index is 6.84. The van der Waals surface area contributed by atoms with E-state index in [1.165, 1.54) is 141 Å². The van der Waals surface area contributed by atoms with Gasteiger partial charge in [0.05, 0.1) is 18.2 Å². The van der Waals surface area contributed by atoms with E-state index in [0.717, 1.165) is 64.1 Å². The van der Waals surface area contributed by atoms with E-state index in [1.807, 2.05) is 12.1 Å². The molecule has 0 heterocycles. The van der Waals surface area contributed by atoms with Gasteiger partial charge in [0.1, 0.15) is 11.5 Å². The average molecular weight is 637 g/mol. The van der Waals surface area contributed by atoms with Crippen LogP contribution in [-0.4, -0.2) is 13.2 Å². The lowest BCUT2D eigenvalue weighted by Crippen LogP contribution is -2.02. The van der Waals surface area contributed by atoms with Gasteiger partial charge in [-0.2, -0.15) is 0 Å². The van der Waals surface area contributed by atoms with E-state index < -0.39 is 0 Å². The molecule has 0 aliphatic heterocycles. The van der Waals surface area contributed by atoms with Gasteiger partial charge in [-0.05, 0) is 18.9 Å². The third kappa shape index (κ3) is 14.2. The largest absolute Gasteiger partial charge is 0.492 e. The Bertz CT molecular complexity index is 1170. The number of hydrogen-bond donors (Lipinski definition) is 0. The Morgan fingerprint density at radius 3 is 1.20 bits per heavy atom. The maximum atomic E-state index is 6.84. The van der Waals surface area contributed by atoms with Gasteiger partial charge in [-0.1, -0.05) is 203 Å². The van der Waals surface area contributed by atoms with Crippen LogP contribution in [0.25, 0.3) is 21.5 Å². The van der Waals surface area contributed by atoms with E-state index in [9.17, 15) is 0 Å². The second-order valence-corrected chi connectivity index (χ2v) is 13.7. The van der Waals surface area contributed by atoms with Gasteiger partial charge < -0.3 is 9.47 Å². The molecule has 0 aromatic heterocycles. The first-order chi connectivity index (χ1) is 22.3.